The third-order valence-electron chi connectivity index (χ3n) is 2.31. The SMILES string of the molecule is CC(=O)Nc1ccc(S(=O)(=O)Nc2noc(C)n2)cc1Cl. The molecule has 0 bridgehead atoms. The summed E-state index contributed by atoms with van der Waals surface area (Å²) in [7, 11) is -3.90. The van der Waals surface area contributed by atoms with Crippen molar-refractivity contribution in [3.8, 4) is 0 Å². The Labute approximate surface area is 125 Å². The van der Waals surface area contributed by atoms with Crippen LogP contribution in [0.25, 0.3) is 0 Å². The van der Waals surface area contributed by atoms with Crippen molar-refractivity contribution in [1.82, 2.24) is 10.1 Å². The molecule has 2 N–H and O–H groups in total. The number of hydrogen-bond acceptors (Lipinski definition) is 6. The van der Waals surface area contributed by atoms with Crippen LogP contribution < -0.4 is 10.0 Å². The molecule has 1 aromatic heterocycles. The third kappa shape index (κ3) is 3.70. The van der Waals surface area contributed by atoms with Gasteiger partial charge in [-0.25, -0.2) is 13.1 Å². The number of anilines is 2. The quantitative estimate of drug-likeness (QED) is 0.883. The van der Waals surface area contributed by atoms with Crippen LogP contribution in [-0.4, -0.2) is 24.5 Å². The number of nitrogens with one attached hydrogen (secondary N) is 2. The highest BCUT2D eigenvalue weighted by molar-refractivity contribution is 7.92. The van der Waals surface area contributed by atoms with Crippen molar-refractivity contribution in [1.29, 1.82) is 0 Å². The normalized spacial score (nSPS) is 11.2. The lowest BCUT2D eigenvalue weighted by molar-refractivity contribution is -0.114. The van der Waals surface area contributed by atoms with Gasteiger partial charge in [-0.3, -0.25) is 4.79 Å². The molecule has 0 saturated heterocycles. The molecule has 1 heterocycles. The van der Waals surface area contributed by atoms with Crippen LogP contribution in [-0.2, 0) is 14.8 Å². The van der Waals surface area contributed by atoms with E-state index < -0.39 is 10.0 Å². The summed E-state index contributed by atoms with van der Waals surface area (Å²) in [5, 5.41) is 6.01. The molecule has 112 valence electrons. The molecule has 2 aromatic rings. The summed E-state index contributed by atoms with van der Waals surface area (Å²) < 4.78 is 31.1. The number of carbonyl (C=O) groups excluding carboxylic acids is 1. The van der Waals surface area contributed by atoms with Gasteiger partial charge in [0.1, 0.15) is 0 Å². The van der Waals surface area contributed by atoms with Crippen molar-refractivity contribution < 1.29 is 17.7 Å². The van der Waals surface area contributed by atoms with E-state index in [0.717, 1.165) is 0 Å². The van der Waals surface area contributed by atoms with Crippen LogP contribution in [0.5, 0.6) is 0 Å². The van der Waals surface area contributed by atoms with Crippen molar-refractivity contribution in [2.45, 2.75) is 18.7 Å². The molecule has 1 aromatic carbocycles. The number of nitrogens with zero attached hydrogens (tertiary/aromatic N) is 2. The molecule has 21 heavy (non-hydrogen) atoms. The van der Waals surface area contributed by atoms with E-state index in [9.17, 15) is 13.2 Å². The highest BCUT2D eigenvalue weighted by Gasteiger charge is 2.18. The Hall–Kier alpha value is -2.13. The second-order valence-electron chi connectivity index (χ2n) is 4.07. The first-order valence-electron chi connectivity index (χ1n) is 5.68. The van der Waals surface area contributed by atoms with Crippen molar-refractivity contribution in [2.75, 3.05) is 10.0 Å². The highest BCUT2D eigenvalue weighted by Crippen LogP contribution is 2.26. The summed E-state index contributed by atoms with van der Waals surface area (Å²) in [5.41, 5.74) is 0.318. The van der Waals surface area contributed by atoms with E-state index in [1.807, 2.05) is 0 Å². The zero-order valence-corrected chi connectivity index (χ0v) is 12.6. The van der Waals surface area contributed by atoms with E-state index in [-0.39, 0.29) is 27.7 Å². The van der Waals surface area contributed by atoms with Crippen molar-refractivity contribution in [3.63, 3.8) is 0 Å². The van der Waals surface area contributed by atoms with Crippen LogP contribution >= 0.6 is 11.6 Å². The number of hydrogen-bond donors (Lipinski definition) is 2. The average molecular weight is 331 g/mol. The van der Waals surface area contributed by atoms with Crippen LogP contribution in [0.4, 0.5) is 11.6 Å². The summed E-state index contributed by atoms with van der Waals surface area (Å²) in [5.74, 6) is -0.255. The van der Waals surface area contributed by atoms with E-state index in [1.165, 1.54) is 32.0 Å². The van der Waals surface area contributed by atoms with Crippen LogP contribution in [0.2, 0.25) is 5.02 Å². The molecule has 0 spiro atoms. The summed E-state index contributed by atoms with van der Waals surface area (Å²) in [6.07, 6.45) is 0. The lowest BCUT2D eigenvalue weighted by Gasteiger charge is -2.08. The molecule has 8 nitrogen and oxygen atoms in total. The van der Waals surface area contributed by atoms with Gasteiger partial charge in [-0.2, -0.15) is 4.98 Å². The van der Waals surface area contributed by atoms with Crippen LogP contribution in [0.15, 0.2) is 27.6 Å². The predicted molar refractivity (Wildman–Crippen MR) is 75.6 cm³/mol. The molecule has 0 radical (unpaired) electrons. The number of rotatable bonds is 4. The second kappa shape index (κ2) is 5.70. The monoisotopic (exact) mass is 330 g/mol. The molecule has 0 aliphatic heterocycles. The van der Waals surface area contributed by atoms with Gasteiger partial charge in [0.15, 0.2) is 0 Å². The standard InChI is InChI=1S/C11H11ClN4O4S/c1-6(17)13-10-4-3-8(5-9(10)12)21(18,19)16-11-14-7(2)20-15-11/h3-5H,1-2H3,(H,13,17)(H,15,16). The molecular formula is C11H11ClN4O4S. The van der Waals surface area contributed by atoms with Crippen LogP contribution in [0, 0.1) is 6.92 Å². The molecule has 0 unspecified atom stereocenters. The number of sulfonamides is 1. The highest BCUT2D eigenvalue weighted by atomic mass is 35.5. The lowest BCUT2D eigenvalue weighted by Crippen LogP contribution is -2.14. The molecule has 0 fully saturated rings. The van der Waals surface area contributed by atoms with E-state index in [0.29, 0.717) is 5.69 Å². The maximum atomic E-state index is 12.1. The maximum absolute atomic E-state index is 12.1. The Kier molecular flexibility index (Phi) is 4.14. The van der Waals surface area contributed by atoms with Gasteiger partial charge >= 0.3 is 0 Å². The minimum Gasteiger partial charge on any atom is -0.338 e. The van der Waals surface area contributed by atoms with Gasteiger partial charge < -0.3 is 9.84 Å². The van der Waals surface area contributed by atoms with Gasteiger partial charge in [-0.05, 0) is 23.4 Å². The van der Waals surface area contributed by atoms with Gasteiger partial charge in [0.2, 0.25) is 11.8 Å². The predicted octanol–water partition coefficient (Wildman–Crippen LogP) is 1.79. The molecule has 1 amide bonds. The number of aryl methyl sites for hydroxylation is 1. The number of carbonyl (C=O) groups is 1. The number of amides is 1. The summed E-state index contributed by atoms with van der Waals surface area (Å²) in [4.78, 5) is 14.6. The Morgan fingerprint density at radius 2 is 2.10 bits per heavy atom. The number of benzene rings is 1. The fourth-order valence-corrected chi connectivity index (χ4v) is 2.73. The first kappa shape index (κ1) is 15.3. The van der Waals surface area contributed by atoms with Crippen molar-refractivity contribution in [2.24, 2.45) is 0 Å². The molecule has 2 rings (SSSR count). The fraction of sp³-hybridized carbons (Fsp3) is 0.182. The van der Waals surface area contributed by atoms with Gasteiger partial charge in [0.05, 0.1) is 15.6 Å². The van der Waals surface area contributed by atoms with Crippen LogP contribution in [0.1, 0.15) is 12.8 Å². The number of halogens is 1. The van der Waals surface area contributed by atoms with Gasteiger partial charge in [0, 0.05) is 13.8 Å². The Morgan fingerprint density at radius 3 is 2.62 bits per heavy atom. The average Bonchev–Trinajstić information content (AvgIpc) is 2.76. The van der Waals surface area contributed by atoms with E-state index >= 15 is 0 Å². The summed E-state index contributed by atoms with van der Waals surface area (Å²) in [6, 6.07) is 3.90. The molecule has 0 atom stereocenters. The smallest absolute Gasteiger partial charge is 0.277 e. The minimum absolute atomic E-state index is 0.0935. The molecule has 0 saturated carbocycles. The third-order valence-corrected chi connectivity index (χ3v) is 3.95. The molecule has 0 aliphatic carbocycles. The summed E-state index contributed by atoms with van der Waals surface area (Å²) >= 11 is 5.93. The second-order valence-corrected chi connectivity index (χ2v) is 6.15. The Morgan fingerprint density at radius 1 is 1.38 bits per heavy atom. The van der Waals surface area contributed by atoms with Crippen molar-refractivity contribution >= 4 is 39.2 Å². The minimum atomic E-state index is -3.90. The van der Waals surface area contributed by atoms with E-state index in [1.54, 1.807) is 0 Å². The zero-order valence-electron chi connectivity index (χ0n) is 11.0. The Bertz CT molecular complexity index is 787. The first-order valence-corrected chi connectivity index (χ1v) is 7.54. The van der Waals surface area contributed by atoms with E-state index in [4.69, 9.17) is 11.6 Å². The number of aromatic nitrogens is 2. The topological polar surface area (TPSA) is 114 Å². The fourth-order valence-electron chi connectivity index (χ4n) is 1.47. The molecule has 0 aliphatic rings. The van der Waals surface area contributed by atoms with Crippen molar-refractivity contribution in [3.05, 3.63) is 29.1 Å². The van der Waals surface area contributed by atoms with Gasteiger partial charge in [-0.1, -0.05) is 11.6 Å². The lowest BCUT2D eigenvalue weighted by atomic mass is 10.3. The van der Waals surface area contributed by atoms with Crippen LogP contribution in [0.3, 0.4) is 0 Å². The zero-order chi connectivity index (χ0) is 15.6. The summed E-state index contributed by atoms with van der Waals surface area (Å²) in [6.45, 7) is 2.85. The maximum Gasteiger partial charge on any atom is 0.277 e. The molecule has 10 heteroatoms. The van der Waals surface area contributed by atoms with E-state index in [2.05, 4.69) is 24.7 Å². The first-order chi connectivity index (χ1) is 9.78. The van der Waals surface area contributed by atoms with Gasteiger partial charge in [-0.15, -0.1) is 0 Å². The largest absolute Gasteiger partial charge is 0.338 e. The van der Waals surface area contributed by atoms with Gasteiger partial charge in [0.25, 0.3) is 16.0 Å². The molecular weight excluding hydrogens is 320 g/mol. The Balaban J connectivity index is 2.28.